The van der Waals surface area contributed by atoms with E-state index in [1.54, 1.807) is 43.5 Å². The average molecular weight is 494 g/mol. The number of aromatic nitrogens is 3. The summed E-state index contributed by atoms with van der Waals surface area (Å²) >= 11 is 0. The number of rotatable bonds is 10. The molecule has 0 radical (unpaired) electrons. The normalized spacial score (nSPS) is 11.9. The van der Waals surface area contributed by atoms with Crippen molar-refractivity contribution in [3.63, 3.8) is 0 Å². The number of pyridine rings is 1. The van der Waals surface area contributed by atoms with Gasteiger partial charge in [-0.3, -0.25) is 9.20 Å². The van der Waals surface area contributed by atoms with Gasteiger partial charge in [0.25, 0.3) is 0 Å². The number of hydrogen-bond donors (Lipinski definition) is 3. The quantitative estimate of drug-likeness (QED) is 0.283. The van der Waals surface area contributed by atoms with E-state index in [1.165, 1.54) is 4.90 Å². The van der Waals surface area contributed by atoms with Crippen molar-refractivity contribution in [2.75, 3.05) is 20.2 Å². The van der Waals surface area contributed by atoms with Gasteiger partial charge in [0, 0.05) is 13.1 Å². The molecule has 0 aliphatic rings. The SMILES string of the molecule is CN(CC#CN)C(=O)OCc1cccc2nnc([C@@H](COCc3ccccc3)NC(=O)C(C)(C)N)n12. The molecule has 2 aromatic heterocycles. The number of fused-ring (bicyclic) bond motifs is 1. The third-order valence-corrected chi connectivity index (χ3v) is 5.21. The lowest BCUT2D eigenvalue weighted by molar-refractivity contribution is -0.126. The predicted octanol–water partition coefficient (Wildman–Crippen LogP) is 1.33. The standard InChI is InChI=1S/C25H31N7O4/c1-25(2,27)23(33)28-20(17-35-15-18-9-5-4-6-10-18)22-30-29-21-12-7-11-19(32(21)22)16-36-24(34)31(3)14-8-13-26/h4-7,9-12,20H,14-17,26-27H2,1-3H3,(H,28,33)/t20-/m1/s1. The number of nitrogens with two attached hydrogens (primary N) is 2. The van der Waals surface area contributed by atoms with Crippen molar-refractivity contribution < 1.29 is 19.1 Å². The Hall–Kier alpha value is -4.14. The van der Waals surface area contributed by atoms with Gasteiger partial charge in [0.2, 0.25) is 5.91 Å². The van der Waals surface area contributed by atoms with E-state index in [-0.39, 0.29) is 25.7 Å². The van der Waals surface area contributed by atoms with Crippen LogP contribution < -0.4 is 16.8 Å². The zero-order chi connectivity index (χ0) is 26.1. The van der Waals surface area contributed by atoms with E-state index in [1.807, 2.05) is 30.3 Å². The van der Waals surface area contributed by atoms with Crippen molar-refractivity contribution in [1.29, 1.82) is 0 Å². The van der Waals surface area contributed by atoms with Gasteiger partial charge >= 0.3 is 6.09 Å². The molecule has 0 aliphatic carbocycles. The molecule has 11 heteroatoms. The number of nitrogens with one attached hydrogen (secondary N) is 1. The van der Waals surface area contributed by atoms with Gasteiger partial charge in [0.05, 0.1) is 31.0 Å². The van der Waals surface area contributed by atoms with E-state index in [9.17, 15) is 9.59 Å². The molecule has 1 aromatic carbocycles. The molecule has 190 valence electrons. The molecule has 2 heterocycles. The van der Waals surface area contributed by atoms with Gasteiger partial charge in [-0.15, -0.1) is 10.2 Å². The molecule has 0 spiro atoms. The minimum absolute atomic E-state index is 0.0600. The van der Waals surface area contributed by atoms with Gasteiger partial charge in [-0.25, -0.2) is 4.79 Å². The van der Waals surface area contributed by atoms with Crippen LogP contribution in [0.4, 0.5) is 4.79 Å². The average Bonchev–Trinajstić information content (AvgIpc) is 3.30. The number of ether oxygens (including phenoxy) is 2. The van der Waals surface area contributed by atoms with E-state index in [4.69, 9.17) is 20.9 Å². The monoisotopic (exact) mass is 493 g/mol. The third-order valence-electron chi connectivity index (χ3n) is 5.21. The van der Waals surface area contributed by atoms with Crippen molar-refractivity contribution in [3.8, 4) is 12.0 Å². The van der Waals surface area contributed by atoms with E-state index < -0.39 is 17.7 Å². The Kier molecular flexibility index (Phi) is 8.83. The first-order chi connectivity index (χ1) is 17.2. The zero-order valence-corrected chi connectivity index (χ0v) is 20.6. The molecule has 5 N–H and O–H groups in total. The van der Waals surface area contributed by atoms with Gasteiger partial charge in [-0.05, 0) is 31.5 Å². The van der Waals surface area contributed by atoms with Crippen LogP contribution in [0.3, 0.4) is 0 Å². The molecule has 36 heavy (non-hydrogen) atoms. The molecular weight excluding hydrogens is 462 g/mol. The molecule has 0 saturated heterocycles. The Balaban J connectivity index is 1.85. The minimum atomic E-state index is -1.12. The number of carbonyl (C=O) groups excluding carboxylic acids is 2. The summed E-state index contributed by atoms with van der Waals surface area (Å²) in [6.45, 7) is 3.77. The molecule has 3 aromatic rings. The van der Waals surface area contributed by atoms with E-state index in [0.29, 0.717) is 23.8 Å². The minimum Gasteiger partial charge on any atom is -0.443 e. The zero-order valence-electron chi connectivity index (χ0n) is 20.6. The Morgan fingerprint density at radius 2 is 1.89 bits per heavy atom. The van der Waals surface area contributed by atoms with Crippen LogP contribution in [0, 0.1) is 12.0 Å². The first-order valence-electron chi connectivity index (χ1n) is 11.3. The highest BCUT2D eigenvalue weighted by atomic mass is 16.6. The molecule has 0 bridgehead atoms. The first-order valence-corrected chi connectivity index (χ1v) is 11.3. The van der Waals surface area contributed by atoms with E-state index >= 15 is 0 Å². The predicted molar refractivity (Wildman–Crippen MR) is 133 cm³/mol. The van der Waals surface area contributed by atoms with Crippen LogP contribution in [0.5, 0.6) is 0 Å². The summed E-state index contributed by atoms with van der Waals surface area (Å²) in [4.78, 5) is 26.4. The number of benzene rings is 1. The molecule has 11 nitrogen and oxygen atoms in total. The molecular formula is C25H31N7O4. The third kappa shape index (κ3) is 6.94. The van der Waals surface area contributed by atoms with Crippen molar-refractivity contribution in [2.45, 2.75) is 38.6 Å². The maximum Gasteiger partial charge on any atom is 0.410 e. The summed E-state index contributed by atoms with van der Waals surface area (Å²) in [7, 11) is 1.56. The summed E-state index contributed by atoms with van der Waals surface area (Å²) in [5, 5.41) is 11.5. The Bertz CT molecular complexity index is 1240. The maximum atomic E-state index is 12.8. The molecule has 0 aliphatic heterocycles. The lowest BCUT2D eigenvalue weighted by atomic mass is 10.1. The summed E-state index contributed by atoms with van der Waals surface area (Å²) < 4.78 is 13.1. The molecule has 3 rings (SSSR count). The topological polar surface area (TPSA) is 150 Å². The molecule has 0 saturated carbocycles. The van der Waals surface area contributed by atoms with E-state index in [0.717, 1.165) is 5.56 Å². The van der Waals surface area contributed by atoms with Crippen LogP contribution >= 0.6 is 0 Å². The number of nitrogens with zero attached hydrogens (tertiary/aromatic N) is 4. The molecule has 2 amide bonds. The Morgan fingerprint density at radius 3 is 2.58 bits per heavy atom. The van der Waals surface area contributed by atoms with Gasteiger partial charge in [0.15, 0.2) is 11.5 Å². The van der Waals surface area contributed by atoms with Crippen LogP contribution in [-0.2, 0) is 27.5 Å². The van der Waals surface area contributed by atoms with E-state index in [2.05, 4.69) is 27.5 Å². The van der Waals surface area contributed by atoms with Gasteiger partial charge < -0.3 is 31.2 Å². The lowest BCUT2D eigenvalue weighted by Crippen LogP contribution is -2.51. The fraction of sp³-hybridized carbons (Fsp3) is 0.360. The van der Waals surface area contributed by atoms with Crippen molar-refractivity contribution in [2.24, 2.45) is 11.5 Å². The first kappa shape index (κ1) is 26.5. The summed E-state index contributed by atoms with van der Waals surface area (Å²) in [5.74, 6) is 2.65. The molecule has 0 unspecified atom stereocenters. The van der Waals surface area contributed by atoms with Crippen molar-refractivity contribution in [1.82, 2.24) is 24.8 Å². The molecule has 0 fully saturated rings. The van der Waals surface area contributed by atoms with Crippen molar-refractivity contribution in [3.05, 3.63) is 65.6 Å². The fourth-order valence-corrected chi connectivity index (χ4v) is 3.24. The fourth-order valence-electron chi connectivity index (χ4n) is 3.24. The van der Waals surface area contributed by atoms with Gasteiger partial charge in [-0.2, -0.15) is 0 Å². The highest BCUT2D eigenvalue weighted by Gasteiger charge is 2.28. The second-order valence-electron chi connectivity index (χ2n) is 8.75. The number of carbonyl (C=O) groups is 2. The largest absolute Gasteiger partial charge is 0.443 e. The van der Waals surface area contributed by atoms with Crippen LogP contribution in [0.1, 0.15) is 37.0 Å². The highest BCUT2D eigenvalue weighted by molar-refractivity contribution is 5.85. The van der Waals surface area contributed by atoms with Crippen molar-refractivity contribution >= 4 is 17.6 Å². The maximum absolute atomic E-state index is 12.8. The van der Waals surface area contributed by atoms with Crippen LogP contribution in [0.2, 0.25) is 0 Å². The smallest absolute Gasteiger partial charge is 0.410 e. The summed E-state index contributed by atoms with van der Waals surface area (Å²) in [6.07, 6.45) is -0.565. The van der Waals surface area contributed by atoms with Crippen LogP contribution in [0.15, 0.2) is 48.5 Å². The van der Waals surface area contributed by atoms with Gasteiger partial charge in [-0.1, -0.05) is 42.3 Å². The molecule has 1 atom stereocenters. The number of hydrogen-bond acceptors (Lipinski definition) is 8. The Morgan fingerprint density at radius 1 is 1.14 bits per heavy atom. The second-order valence-corrected chi connectivity index (χ2v) is 8.75. The highest BCUT2D eigenvalue weighted by Crippen LogP contribution is 2.18. The summed E-state index contributed by atoms with van der Waals surface area (Å²) in [6, 6.07) is 16.6. The van der Waals surface area contributed by atoms with Crippen LogP contribution in [-0.4, -0.2) is 57.2 Å². The second kappa shape index (κ2) is 12.0. The van der Waals surface area contributed by atoms with Crippen LogP contribution in [0.25, 0.3) is 5.65 Å². The van der Waals surface area contributed by atoms with Gasteiger partial charge in [0.1, 0.15) is 12.6 Å². The lowest BCUT2D eigenvalue weighted by Gasteiger charge is -2.24. The Labute approximate surface area is 209 Å². The number of amides is 2. The summed E-state index contributed by atoms with van der Waals surface area (Å²) in [5.41, 5.74) is 12.2.